The number of rotatable bonds is 5. The number of halogens is 1. The molecule has 0 aliphatic rings. The normalized spacial score (nSPS) is 13.1. The van der Waals surface area contributed by atoms with Crippen molar-refractivity contribution in [3.63, 3.8) is 0 Å². The summed E-state index contributed by atoms with van der Waals surface area (Å²) < 4.78 is 2.45. The molecule has 2 N–H and O–H groups in total. The topological polar surface area (TPSA) is 60.9 Å². The maximum atomic E-state index is 12.3. The average molecular weight is 288 g/mol. The van der Waals surface area contributed by atoms with E-state index in [1.807, 2.05) is 20.8 Å². The highest BCUT2D eigenvalue weighted by Crippen LogP contribution is 2.22. The van der Waals surface area contributed by atoms with Gasteiger partial charge < -0.3 is 5.73 Å². The second kappa shape index (κ2) is 5.59. The van der Waals surface area contributed by atoms with Crippen molar-refractivity contribution >= 4 is 21.7 Å². The second-order valence-corrected chi connectivity index (χ2v) is 4.96. The summed E-state index contributed by atoms with van der Waals surface area (Å²) in [6.45, 7) is 7.04. The van der Waals surface area contributed by atoms with E-state index >= 15 is 0 Å². The van der Waals surface area contributed by atoms with E-state index in [1.165, 1.54) is 0 Å². The van der Waals surface area contributed by atoms with Crippen LogP contribution in [0.1, 0.15) is 31.3 Å². The highest BCUT2D eigenvalue weighted by molar-refractivity contribution is 9.10. The molecule has 0 aromatic carbocycles. The van der Waals surface area contributed by atoms with E-state index in [0.29, 0.717) is 18.8 Å². The number of carbonyl (C=O) groups excluding carboxylic acids is 1. The Morgan fingerprint density at radius 3 is 2.69 bits per heavy atom. The standard InChI is InChI=1S/C11H18BrN3O/c1-4-15-10(9(12)6-14-15)11(16)8(5-13)7(2)3/h6-8H,4-5,13H2,1-3H3. The van der Waals surface area contributed by atoms with Crippen molar-refractivity contribution in [2.45, 2.75) is 27.3 Å². The number of Topliss-reactive ketones (excluding diaryl/α,β-unsaturated/α-hetero) is 1. The van der Waals surface area contributed by atoms with Crippen LogP contribution in [0.15, 0.2) is 10.7 Å². The zero-order valence-corrected chi connectivity index (χ0v) is 11.5. The number of nitrogens with zero attached hydrogens (tertiary/aromatic N) is 2. The maximum Gasteiger partial charge on any atom is 0.186 e. The summed E-state index contributed by atoms with van der Waals surface area (Å²) in [4.78, 5) is 12.3. The molecule has 0 radical (unpaired) electrons. The van der Waals surface area contributed by atoms with E-state index in [9.17, 15) is 4.79 Å². The van der Waals surface area contributed by atoms with Crippen LogP contribution >= 0.6 is 15.9 Å². The first-order chi connectivity index (χ1) is 7.52. The van der Waals surface area contributed by atoms with Crippen LogP contribution in [-0.2, 0) is 6.54 Å². The molecule has 1 unspecified atom stereocenters. The highest BCUT2D eigenvalue weighted by atomic mass is 79.9. The number of nitrogens with two attached hydrogens (primary N) is 1. The monoisotopic (exact) mass is 287 g/mol. The fraction of sp³-hybridized carbons (Fsp3) is 0.636. The highest BCUT2D eigenvalue weighted by Gasteiger charge is 2.26. The second-order valence-electron chi connectivity index (χ2n) is 4.11. The van der Waals surface area contributed by atoms with Gasteiger partial charge in [0.2, 0.25) is 0 Å². The van der Waals surface area contributed by atoms with E-state index in [1.54, 1.807) is 10.9 Å². The van der Waals surface area contributed by atoms with Gasteiger partial charge in [-0.05, 0) is 28.8 Å². The number of hydrogen-bond acceptors (Lipinski definition) is 3. The smallest absolute Gasteiger partial charge is 0.186 e. The Hall–Kier alpha value is -0.680. The minimum Gasteiger partial charge on any atom is -0.330 e. The molecule has 1 aromatic rings. The van der Waals surface area contributed by atoms with Crippen LogP contribution in [0.3, 0.4) is 0 Å². The molecule has 4 nitrogen and oxygen atoms in total. The molecule has 0 bridgehead atoms. The van der Waals surface area contributed by atoms with Gasteiger partial charge in [0.25, 0.3) is 0 Å². The maximum absolute atomic E-state index is 12.3. The first kappa shape index (κ1) is 13.4. The van der Waals surface area contributed by atoms with E-state index in [4.69, 9.17) is 5.73 Å². The van der Waals surface area contributed by atoms with Crippen LogP contribution in [0.25, 0.3) is 0 Å². The minimum absolute atomic E-state index is 0.0729. The minimum atomic E-state index is -0.140. The quantitative estimate of drug-likeness (QED) is 0.844. The van der Waals surface area contributed by atoms with Crippen LogP contribution in [-0.4, -0.2) is 22.1 Å². The van der Waals surface area contributed by atoms with Crippen molar-refractivity contribution in [1.82, 2.24) is 9.78 Å². The first-order valence-corrected chi connectivity index (χ1v) is 6.27. The van der Waals surface area contributed by atoms with Gasteiger partial charge in [-0.2, -0.15) is 5.10 Å². The largest absolute Gasteiger partial charge is 0.330 e. The van der Waals surface area contributed by atoms with Gasteiger partial charge in [-0.25, -0.2) is 0 Å². The molecule has 1 heterocycles. The molecule has 0 spiro atoms. The van der Waals surface area contributed by atoms with Crippen LogP contribution in [0, 0.1) is 11.8 Å². The number of carbonyl (C=O) groups is 1. The third kappa shape index (κ3) is 2.52. The first-order valence-electron chi connectivity index (χ1n) is 5.48. The Kier molecular flexibility index (Phi) is 4.68. The lowest BCUT2D eigenvalue weighted by molar-refractivity contribution is 0.0880. The fourth-order valence-electron chi connectivity index (χ4n) is 1.70. The van der Waals surface area contributed by atoms with Gasteiger partial charge in [-0.15, -0.1) is 0 Å². The molecular formula is C11H18BrN3O. The van der Waals surface area contributed by atoms with Gasteiger partial charge in [0.15, 0.2) is 5.78 Å². The van der Waals surface area contributed by atoms with Gasteiger partial charge in [-0.1, -0.05) is 13.8 Å². The summed E-state index contributed by atoms with van der Waals surface area (Å²) in [5.41, 5.74) is 6.29. The molecule has 90 valence electrons. The van der Waals surface area contributed by atoms with Crippen LogP contribution in [0.4, 0.5) is 0 Å². The Labute approximate surface area is 104 Å². The zero-order chi connectivity index (χ0) is 12.3. The molecule has 0 aliphatic heterocycles. The molecule has 1 rings (SSSR count). The molecule has 0 aliphatic carbocycles. The van der Waals surface area contributed by atoms with Crippen molar-refractivity contribution in [1.29, 1.82) is 0 Å². The molecule has 0 saturated heterocycles. The van der Waals surface area contributed by atoms with Crippen LogP contribution in [0.2, 0.25) is 0 Å². The summed E-state index contributed by atoms with van der Waals surface area (Å²) in [5.74, 6) is 0.173. The predicted octanol–water partition coefficient (Wildman–Crippen LogP) is 2.08. The Bertz CT molecular complexity index is 373. The molecule has 1 atom stereocenters. The van der Waals surface area contributed by atoms with E-state index in [0.717, 1.165) is 4.47 Å². The lowest BCUT2D eigenvalue weighted by Gasteiger charge is -2.18. The summed E-state index contributed by atoms with van der Waals surface area (Å²) in [5, 5.41) is 4.14. The zero-order valence-electron chi connectivity index (χ0n) is 9.90. The fourth-order valence-corrected chi connectivity index (χ4v) is 2.20. The van der Waals surface area contributed by atoms with E-state index < -0.39 is 0 Å². The third-order valence-electron chi connectivity index (χ3n) is 2.72. The molecular weight excluding hydrogens is 270 g/mol. The van der Waals surface area contributed by atoms with E-state index in [-0.39, 0.29) is 17.6 Å². The molecule has 0 fully saturated rings. The van der Waals surface area contributed by atoms with Crippen molar-refractivity contribution in [2.24, 2.45) is 17.6 Å². The molecule has 5 heteroatoms. The number of ketones is 1. The van der Waals surface area contributed by atoms with E-state index in [2.05, 4.69) is 21.0 Å². The number of hydrogen-bond donors (Lipinski definition) is 1. The predicted molar refractivity (Wildman–Crippen MR) is 67.3 cm³/mol. The van der Waals surface area contributed by atoms with Crippen molar-refractivity contribution in [3.8, 4) is 0 Å². The third-order valence-corrected chi connectivity index (χ3v) is 3.30. The summed E-state index contributed by atoms with van der Waals surface area (Å²) in [7, 11) is 0. The van der Waals surface area contributed by atoms with Crippen LogP contribution < -0.4 is 5.73 Å². The van der Waals surface area contributed by atoms with Crippen molar-refractivity contribution in [3.05, 3.63) is 16.4 Å². The van der Waals surface area contributed by atoms with Crippen molar-refractivity contribution < 1.29 is 4.79 Å². The number of aromatic nitrogens is 2. The molecule has 0 saturated carbocycles. The summed E-state index contributed by atoms with van der Waals surface area (Å²) in [6, 6.07) is 0. The Morgan fingerprint density at radius 2 is 2.25 bits per heavy atom. The van der Waals surface area contributed by atoms with Gasteiger partial charge in [0.1, 0.15) is 5.69 Å². The lowest BCUT2D eigenvalue weighted by Crippen LogP contribution is -2.30. The van der Waals surface area contributed by atoms with Gasteiger partial charge >= 0.3 is 0 Å². The SMILES string of the molecule is CCn1ncc(Br)c1C(=O)C(CN)C(C)C. The number of aryl methyl sites for hydroxylation is 1. The molecule has 0 amide bonds. The lowest BCUT2D eigenvalue weighted by atomic mass is 9.90. The van der Waals surface area contributed by atoms with Gasteiger partial charge in [-0.3, -0.25) is 9.48 Å². The van der Waals surface area contributed by atoms with Gasteiger partial charge in [0.05, 0.1) is 10.7 Å². The average Bonchev–Trinajstić information content (AvgIpc) is 2.59. The summed E-state index contributed by atoms with van der Waals surface area (Å²) in [6.07, 6.45) is 1.66. The van der Waals surface area contributed by atoms with Crippen molar-refractivity contribution in [2.75, 3.05) is 6.54 Å². The molecule has 1 aromatic heterocycles. The van der Waals surface area contributed by atoms with Gasteiger partial charge in [0, 0.05) is 19.0 Å². The Morgan fingerprint density at radius 1 is 1.62 bits per heavy atom. The summed E-state index contributed by atoms with van der Waals surface area (Å²) >= 11 is 3.36. The Balaban J connectivity index is 3.07. The molecule has 16 heavy (non-hydrogen) atoms. The van der Waals surface area contributed by atoms with Crippen LogP contribution in [0.5, 0.6) is 0 Å².